The molecule has 0 aliphatic carbocycles. The van der Waals surface area contributed by atoms with Crippen LogP contribution in [0.1, 0.15) is 35.2 Å². The Morgan fingerprint density at radius 2 is 2.09 bits per heavy atom. The number of hydrogen-bond acceptors (Lipinski definition) is 6. The minimum absolute atomic E-state index is 0.107. The molecule has 0 spiro atoms. The van der Waals surface area contributed by atoms with Gasteiger partial charge in [-0.15, -0.1) is 11.3 Å². The summed E-state index contributed by atoms with van der Waals surface area (Å²) in [4.78, 5) is 29.4. The zero-order valence-corrected chi connectivity index (χ0v) is 19.7. The molecule has 3 aromatic rings. The van der Waals surface area contributed by atoms with Crippen LogP contribution in [0, 0.1) is 5.82 Å². The summed E-state index contributed by atoms with van der Waals surface area (Å²) in [7, 11) is 0. The number of carbonyl (C=O) groups is 2. The maximum atomic E-state index is 14.2. The molecule has 1 unspecified atom stereocenters. The van der Waals surface area contributed by atoms with Crippen molar-refractivity contribution in [3.8, 4) is 16.2 Å². The number of nitrogens with zero attached hydrogens (tertiary/aromatic N) is 2. The lowest BCUT2D eigenvalue weighted by atomic mass is 10.0. The molecule has 2 amide bonds. The Morgan fingerprint density at radius 1 is 1.29 bits per heavy atom. The Bertz CT molecular complexity index is 1160. The van der Waals surface area contributed by atoms with Crippen LogP contribution in [0.3, 0.4) is 0 Å². The number of benzene rings is 2. The fourth-order valence-corrected chi connectivity index (χ4v) is 4.60. The Morgan fingerprint density at radius 3 is 2.79 bits per heavy atom. The molecule has 178 valence electrons. The second-order valence-electron chi connectivity index (χ2n) is 7.94. The normalized spacial score (nSPS) is 16.8. The van der Waals surface area contributed by atoms with Gasteiger partial charge in [0.25, 0.3) is 5.91 Å². The molecule has 2 aromatic carbocycles. The molecule has 1 atom stereocenters. The molecule has 3 heterocycles. The van der Waals surface area contributed by atoms with Gasteiger partial charge in [0.2, 0.25) is 0 Å². The number of aromatic hydroxyl groups is 1. The van der Waals surface area contributed by atoms with E-state index in [0.29, 0.717) is 28.1 Å². The summed E-state index contributed by atoms with van der Waals surface area (Å²) in [6.07, 6.45) is 4.94. The van der Waals surface area contributed by atoms with E-state index in [9.17, 15) is 19.1 Å². The summed E-state index contributed by atoms with van der Waals surface area (Å²) in [6, 6.07) is 9.62. The molecule has 34 heavy (non-hydrogen) atoms. The van der Waals surface area contributed by atoms with Crippen LogP contribution in [0.2, 0.25) is 5.02 Å². The summed E-state index contributed by atoms with van der Waals surface area (Å²) < 4.78 is 19.1. The molecule has 2 N–H and O–H groups in total. The highest BCUT2D eigenvalue weighted by atomic mass is 35.5. The lowest BCUT2D eigenvalue weighted by molar-refractivity contribution is 0.0946. The smallest absolute Gasteiger partial charge is 0.410 e. The van der Waals surface area contributed by atoms with Crippen molar-refractivity contribution in [2.75, 3.05) is 13.2 Å². The average Bonchev–Trinajstić information content (AvgIpc) is 3.51. The van der Waals surface area contributed by atoms with Crippen molar-refractivity contribution in [1.82, 2.24) is 15.2 Å². The molecule has 7 nitrogen and oxygen atoms in total. The van der Waals surface area contributed by atoms with Crippen LogP contribution in [0.5, 0.6) is 5.75 Å². The highest BCUT2D eigenvalue weighted by Gasteiger charge is 2.34. The third kappa shape index (κ3) is 5.66. The largest absolute Gasteiger partial charge is 0.507 e. The monoisotopic (exact) mass is 503 g/mol. The maximum absolute atomic E-state index is 14.2. The minimum Gasteiger partial charge on any atom is -0.507 e. The van der Waals surface area contributed by atoms with Crippen LogP contribution < -0.4 is 5.32 Å². The van der Waals surface area contributed by atoms with Gasteiger partial charge in [-0.25, -0.2) is 9.18 Å². The van der Waals surface area contributed by atoms with Crippen LogP contribution in [-0.2, 0) is 11.3 Å². The SMILES string of the molecule is O=C(NCc1ccc(Cl)cc1)c1cc(O)c(-c2cncs2)cc1F.O=C1OCC2CCCCN12. The maximum Gasteiger partial charge on any atom is 0.410 e. The molecule has 2 aliphatic heterocycles. The number of fused-ring (bicyclic) bond motifs is 1. The van der Waals surface area contributed by atoms with Crippen LogP contribution in [0.15, 0.2) is 48.1 Å². The van der Waals surface area contributed by atoms with E-state index >= 15 is 0 Å². The van der Waals surface area contributed by atoms with Crippen molar-refractivity contribution in [3.63, 3.8) is 0 Å². The molecular formula is C24H23ClFN3O4S. The van der Waals surface area contributed by atoms with Gasteiger partial charge in [-0.05, 0) is 49.1 Å². The van der Waals surface area contributed by atoms with Crippen LogP contribution in [0.25, 0.3) is 10.4 Å². The van der Waals surface area contributed by atoms with E-state index < -0.39 is 11.7 Å². The first-order valence-electron chi connectivity index (χ1n) is 10.8. The summed E-state index contributed by atoms with van der Waals surface area (Å²) in [5.41, 5.74) is 2.51. The molecule has 1 aromatic heterocycles. The van der Waals surface area contributed by atoms with Crippen molar-refractivity contribution in [1.29, 1.82) is 0 Å². The molecule has 2 aliphatic rings. The summed E-state index contributed by atoms with van der Waals surface area (Å²) in [5.74, 6) is -1.48. The standard InChI is InChI=1S/C17H12ClFN2O2S.C7H11NO2/c18-11-3-1-10(2-4-11)7-21-17(23)12-6-15(22)13(5-14(12)19)16-8-20-9-24-16;9-7-8-4-2-1-3-6(8)5-10-7/h1-6,8-9,22H,7H2,(H,21,23);6H,1-5H2. The lowest BCUT2D eigenvalue weighted by Crippen LogP contribution is -2.37. The van der Waals surface area contributed by atoms with Crippen LogP contribution in [-0.4, -0.2) is 46.2 Å². The quantitative estimate of drug-likeness (QED) is 0.508. The predicted octanol–water partition coefficient (Wildman–Crippen LogP) is 5.23. The van der Waals surface area contributed by atoms with Gasteiger partial charge in [0, 0.05) is 29.9 Å². The Balaban J connectivity index is 0.000000226. The van der Waals surface area contributed by atoms with Gasteiger partial charge in [0.15, 0.2) is 0 Å². The number of amides is 2. The number of hydrogen-bond donors (Lipinski definition) is 2. The average molecular weight is 504 g/mol. The van der Waals surface area contributed by atoms with Gasteiger partial charge in [-0.1, -0.05) is 23.7 Å². The van der Waals surface area contributed by atoms with E-state index in [4.69, 9.17) is 16.3 Å². The number of phenolic OH excluding ortho intramolecular Hbond substituents is 1. The molecule has 2 saturated heterocycles. The molecule has 2 fully saturated rings. The van der Waals surface area contributed by atoms with E-state index in [-0.39, 0.29) is 24.0 Å². The first-order chi connectivity index (χ1) is 16.4. The summed E-state index contributed by atoms with van der Waals surface area (Å²) in [5, 5.41) is 13.3. The number of piperidine rings is 1. The van der Waals surface area contributed by atoms with Crippen molar-refractivity contribution >= 4 is 34.9 Å². The number of aromatic nitrogens is 1. The fourth-order valence-electron chi connectivity index (χ4n) is 3.83. The number of rotatable bonds is 4. The minimum atomic E-state index is -0.704. The number of halogens is 2. The first kappa shape index (κ1) is 24.0. The number of ether oxygens (including phenoxy) is 1. The molecular weight excluding hydrogens is 481 g/mol. The zero-order valence-electron chi connectivity index (χ0n) is 18.2. The molecule has 10 heteroatoms. The Hall–Kier alpha value is -3.17. The van der Waals surface area contributed by atoms with Crippen molar-refractivity contribution in [2.24, 2.45) is 0 Å². The Labute approximate surface area is 205 Å². The first-order valence-corrected chi connectivity index (χ1v) is 12.1. The van der Waals surface area contributed by atoms with Crippen LogP contribution >= 0.6 is 22.9 Å². The van der Waals surface area contributed by atoms with Gasteiger partial charge >= 0.3 is 6.09 Å². The zero-order chi connectivity index (χ0) is 24.1. The number of phenols is 1. The van der Waals surface area contributed by atoms with Crippen molar-refractivity contribution in [3.05, 3.63) is 70.1 Å². The molecule has 0 radical (unpaired) electrons. The van der Waals surface area contributed by atoms with Crippen molar-refractivity contribution in [2.45, 2.75) is 31.8 Å². The van der Waals surface area contributed by atoms with E-state index in [0.717, 1.165) is 37.1 Å². The highest BCUT2D eigenvalue weighted by molar-refractivity contribution is 7.13. The summed E-state index contributed by atoms with van der Waals surface area (Å²) >= 11 is 7.07. The summed E-state index contributed by atoms with van der Waals surface area (Å²) in [6.45, 7) is 1.76. The third-order valence-corrected chi connectivity index (χ3v) is 6.71. The molecule has 0 bridgehead atoms. The Kier molecular flexibility index (Phi) is 7.64. The van der Waals surface area contributed by atoms with Gasteiger partial charge in [-0.2, -0.15) is 0 Å². The number of nitrogens with one attached hydrogen (secondary N) is 1. The highest BCUT2D eigenvalue weighted by Crippen LogP contribution is 2.33. The number of carbonyl (C=O) groups excluding carboxylic acids is 2. The van der Waals surface area contributed by atoms with E-state index in [1.165, 1.54) is 24.0 Å². The number of thiazole rings is 1. The van der Waals surface area contributed by atoms with Gasteiger partial charge < -0.3 is 20.1 Å². The second-order valence-corrected chi connectivity index (χ2v) is 9.27. The third-order valence-electron chi connectivity index (χ3n) is 5.65. The van der Waals surface area contributed by atoms with Crippen LogP contribution in [0.4, 0.5) is 9.18 Å². The lowest BCUT2D eigenvalue weighted by Gasteiger charge is -2.25. The van der Waals surface area contributed by atoms with Gasteiger partial charge in [-0.3, -0.25) is 9.78 Å². The molecule has 0 saturated carbocycles. The van der Waals surface area contributed by atoms with E-state index in [1.807, 2.05) is 4.90 Å². The number of cyclic esters (lactones) is 1. The second kappa shape index (κ2) is 10.8. The van der Waals surface area contributed by atoms with E-state index in [1.54, 1.807) is 29.8 Å². The fraction of sp³-hybridized carbons (Fsp3) is 0.292. The topological polar surface area (TPSA) is 91.8 Å². The van der Waals surface area contributed by atoms with Gasteiger partial charge in [0.05, 0.1) is 22.0 Å². The molecule has 5 rings (SSSR count). The van der Waals surface area contributed by atoms with Crippen molar-refractivity contribution < 1.29 is 23.8 Å². The predicted molar refractivity (Wildman–Crippen MR) is 127 cm³/mol. The van der Waals surface area contributed by atoms with Gasteiger partial charge in [0.1, 0.15) is 18.2 Å². The van der Waals surface area contributed by atoms with E-state index in [2.05, 4.69) is 10.3 Å².